The van der Waals surface area contributed by atoms with Gasteiger partial charge in [0, 0.05) is 9.77 Å². The molecule has 0 fully saturated rings. The Balaban J connectivity index is 2.04. The van der Waals surface area contributed by atoms with Gasteiger partial charge >= 0.3 is 5.97 Å². The van der Waals surface area contributed by atoms with Crippen LogP contribution in [0.3, 0.4) is 0 Å². The highest BCUT2D eigenvalue weighted by molar-refractivity contribution is 7.98. The molecule has 0 N–H and O–H groups in total. The van der Waals surface area contributed by atoms with Gasteiger partial charge in [-0.2, -0.15) is 0 Å². The summed E-state index contributed by atoms with van der Waals surface area (Å²) in [6.45, 7) is 3.95. The third-order valence-corrected chi connectivity index (χ3v) is 4.63. The van der Waals surface area contributed by atoms with E-state index in [0.29, 0.717) is 18.1 Å². The number of esters is 1. The maximum absolute atomic E-state index is 13.1. The number of carbonyl (C=O) groups excluding carboxylic acids is 1. The summed E-state index contributed by atoms with van der Waals surface area (Å²) in [6, 6.07) is 6.42. The average molecular weight is 311 g/mol. The van der Waals surface area contributed by atoms with Crippen LogP contribution in [0, 0.1) is 12.7 Å². The van der Waals surface area contributed by atoms with E-state index < -0.39 is 0 Å². The minimum atomic E-state index is -0.386. The molecule has 0 unspecified atom stereocenters. The second-order valence-corrected chi connectivity index (χ2v) is 6.32. The molecule has 1 heterocycles. The van der Waals surface area contributed by atoms with E-state index in [9.17, 15) is 9.18 Å². The number of carbonyl (C=O) groups is 1. The first-order valence-corrected chi connectivity index (χ1v) is 7.92. The molecule has 0 amide bonds. The van der Waals surface area contributed by atoms with Gasteiger partial charge in [-0.15, -0.1) is 23.1 Å². The highest BCUT2D eigenvalue weighted by Gasteiger charge is 2.16. The van der Waals surface area contributed by atoms with Gasteiger partial charge in [0.1, 0.15) is 10.8 Å². The SMILES string of the molecule is CCOC(=O)c1nc(CSc2cccc(F)c2)sc1C. The Morgan fingerprint density at radius 3 is 3.00 bits per heavy atom. The molecule has 0 bridgehead atoms. The summed E-state index contributed by atoms with van der Waals surface area (Å²) in [7, 11) is 0. The van der Waals surface area contributed by atoms with Crippen molar-refractivity contribution in [3.8, 4) is 0 Å². The first-order chi connectivity index (χ1) is 9.60. The van der Waals surface area contributed by atoms with Crippen LogP contribution in [0.4, 0.5) is 4.39 Å². The number of aryl methyl sites for hydroxylation is 1. The Kier molecular flexibility index (Phi) is 5.14. The summed E-state index contributed by atoms with van der Waals surface area (Å²) in [4.78, 5) is 17.6. The predicted molar refractivity (Wildman–Crippen MR) is 78.8 cm³/mol. The van der Waals surface area contributed by atoms with Crippen molar-refractivity contribution in [2.24, 2.45) is 0 Å². The van der Waals surface area contributed by atoms with Gasteiger partial charge < -0.3 is 4.74 Å². The van der Waals surface area contributed by atoms with Crippen LogP contribution in [0.1, 0.15) is 27.3 Å². The molecule has 3 nitrogen and oxygen atoms in total. The Bertz CT molecular complexity index is 613. The molecule has 0 atom stereocenters. The zero-order valence-corrected chi connectivity index (χ0v) is 12.8. The lowest BCUT2D eigenvalue weighted by Crippen LogP contribution is -2.06. The molecule has 1 aromatic carbocycles. The van der Waals surface area contributed by atoms with Crippen LogP contribution in [0.5, 0.6) is 0 Å². The molecule has 20 heavy (non-hydrogen) atoms. The summed E-state index contributed by atoms with van der Waals surface area (Å²) in [5.74, 6) is -0.0326. The van der Waals surface area contributed by atoms with Crippen LogP contribution in [-0.2, 0) is 10.5 Å². The molecule has 0 radical (unpaired) electrons. The average Bonchev–Trinajstić information content (AvgIpc) is 2.78. The third-order valence-electron chi connectivity index (χ3n) is 2.47. The molecule has 0 aliphatic rings. The Morgan fingerprint density at radius 2 is 2.30 bits per heavy atom. The molecule has 6 heteroatoms. The van der Waals surface area contributed by atoms with Gasteiger partial charge in [-0.05, 0) is 32.0 Å². The quantitative estimate of drug-likeness (QED) is 0.616. The van der Waals surface area contributed by atoms with Crippen LogP contribution in [0.15, 0.2) is 29.2 Å². The number of aromatic nitrogens is 1. The van der Waals surface area contributed by atoms with Crippen molar-refractivity contribution in [2.45, 2.75) is 24.5 Å². The van der Waals surface area contributed by atoms with Crippen LogP contribution < -0.4 is 0 Å². The smallest absolute Gasteiger partial charge is 0.358 e. The van der Waals surface area contributed by atoms with E-state index in [0.717, 1.165) is 14.8 Å². The number of ether oxygens (including phenoxy) is 1. The van der Waals surface area contributed by atoms with E-state index in [1.165, 1.54) is 35.2 Å². The van der Waals surface area contributed by atoms with E-state index in [4.69, 9.17) is 4.74 Å². The maximum atomic E-state index is 13.1. The van der Waals surface area contributed by atoms with Crippen LogP contribution >= 0.6 is 23.1 Å². The molecule has 2 aromatic rings. The largest absolute Gasteiger partial charge is 0.461 e. The van der Waals surface area contributed by atoms with E-state index in [2.05, 4.69) is 4.98 Å². The summed E-state index contributed by atoms with van der Waals surface area (Å²) >= 11 is 2.96. The summed E-state index contributed by atoms with van der Waals surface area (Å²) in [5, 5.41) is 0.833. The predicted octanol–water partition coefficient (Wildman–Crippen LogP) is 4.06. The van der Waals surface area contributed by atoms with E-state index in [-0.39, 0.29) is 11.8 Å². The number of halogens is 1. The van der Waals surface area contributed by atoms with Crippen molar-refractivity contribution in [3.05, 3.63) is 45.7 Å². The fourth-order valence-corrected chi connectivity index (χ4v) is 3.46. The number of hydrogen-bond donors (Lipinski definition) is 0. The topological polar surface area (TPSA) is 39.2 Å². The molecule has 0 aliphatic heterocycles. The molecule has 0 spiro atoms. The second-order valence-electron chi connectivity index (χ2n) is 3.98. The lowest BCUT2D eigenvalue weighted by atomic mass is 10.4. The molecule has 0 saturated heterocycles. The summed E-state index contributed by atoms with van der Waals surface area (Å²) in [5.41, 5.74) is 0.381. The Labute approximate surface area is 125 Å². The number of rotatable bonds is 5. The highest BCUT2D eigenvalue weighted by atomic mass is 32.2. The monoisotopic (exact) mass is 311 g/mol. The first-order valence-electron chi connectivity index (χ1n) is 6.12. The number of benzene rings is 1. The third kappa shape index (κ3) is 3.80. The lowest BCUT2D eigenvalue weighted by Gasteiger charge is -1.99. The second kappa shape index (κ2) is 6.85. The van der Waals surface area contributed by atoms with Crippen molar-refractivity contribution in [1.29, 1.82) is 0 Å². The number of thioether (sulfide) groups is 1. The standard InChI is InChI=1S/C14H14FNO2S2/c1-3-18-14(17)13-9(2)20-12(16-13)8-19-11-6-4-5-10(15)7-11/h4-7H,3,8H2,1-2H3. The van der Waals surface area contributed by atoms with Gasteiger partial charge in [-0.3, -0.25) is 0 Å². The Morgan fingerprint density at radius 1 is 1.50 bits per heavy atom. The zero-order valence-electron chi connectivity index (χ0n) is 11.2. The fraction of sp³-hybridized carbons (Fsp3) is 0.286. The molecular formula is C14H14FNO2S2. The van der Waals surface area contributed by atoms with Crippen molar-refractivity contribution < 1.29 is 13.9 Å². The van der Waals surface area contributed by atoms with E-state index in [1.54, 1.807) is 13.0 Å². The fourth-order valence-electron chi connectivity index (χ4n) is 1.60. The van der Waals surface area contributed by atoms with Gasteiger partial charge in [-0.25, -0.2) is 14.2 Å². The van der Waals surface area contributed by atoms with Gasteiger partial charge in [0.15, 0.2) is 5.69 Å². The molecule has 106 valence electrons. The molecule has 0 saturated carbocycles. The van der Waals surface area contributed by atoms with Gasteiger partial charge in [0.05, 0.1) is 12.4 Å². The highest BCUT2D eigenvalue weighted by Crippen LogP contribution is 2.27. The van der Waals surface area contributed by atoms with Gasteiger partial charge in [0.2, 0.25) is 0 Å². The van der Waals surface area contributed by atoms with E-state index in [1.807, 2.05) is 13.0 Å². The molecule has 0 aliphatic carbocycles. The van der Waals surface area contributed by atoms with E-state index >= 15 is 0 Å². The molecule has 1 aromatic heterocycles. The number of nitrogens with zero attached hydrogens (tertiary/aromatic N) is 1. The zero-order chi connectivity index (χ0) is 14.5. The van der Waals surface area contributed by atoms with Crippen LogP contribution in [-0.4, -0.2) is 17.6 Å². The summed E-state index contributed by atoms with van der Waals surface area (Å²) < 4.78 is 18.0. The first kappa shape index (κ1) is 15.0. The summed E-state index contributed by atoms with van der Waals surface area (Å²) in [6.07, 6.45) is 0. The maximum Gasteiger partial charge on any atom is 0.358 e. The van der Waals surface area contributed by atoms with Crippen molar-refractivity contribution in [2.75, 3.05) is 6.61 Å². The van der Waals surface area contributed by atoms with Crippen molar-refractivity contribution >= 4 is 29.1 Å². The minimum absolute atomic E-state index is 0.252. The lowest BCUT2D eigenvalue weighted by molar-refractivity contribution is 0.0519. The van der Waals surface area contributed by atoms with Gasteiger partial charge in [-0.1, -0.05) is 6.07 Å². The number of thiazole rings is 1. The van der Waals surface area contributed by atoms with Crippen molar-refractivity contribution in [1.82, 2.24) is 4.98 Å². The Hall–Kier alpha value is -1.40. The number of hydrogen-bond acceptors (Lipinski definition) is 5. The normalized spacial score (nSPS) is 10.6. The van der Waals surface area contributed by atoms with Gasteiger partial charge in [0.25, 0.3) is 0 Å². The van der Waals surface area contributed by atoms with Crippen LogP contribution in [0.2, 0.25) is 0 Å². The van der Waals surface area contributed by atoms with Crippen molar-refractivity contribution in [3.63, 3.8) is 0 Å². The molecular weight excluding hydrogens is 297 g/mol. The van der Waals surface area contributed by atoms with Crippen LogP contribution in [0.25, 0.3) is 0 Å². The minimum Gasteiger partial charge on any atom is -0.461 e. The molecule has 2 rings (SSSR count).